The number of aliphatic hydroxyl groups excluding tert-OH is 2. The third kappa shape index (κ3) is 6.43. The van der Waals surface area contributed by atoms with Crippen LogP contribution in [0.2, 0.25) is 5.02 Å². The van der Waals surface area contributed by atoms with E-state index in [9.17, 15) is 19.8 Å². The normalized spacial score (nSPS) is 18.6. The summed E-state index contributed by atoms with van der Waals surface area (Å²) in [5.41, 5.74) is 3.41. The summed E-state index contributed by atoms with van der Waals surface area (Å²) in [6, 6.07) is 18.8. The number of benzene rings is 3. The number of anilines is 2. The molecule has 0 saturated carbocycles. The fraction of sp³-hybridized carbons (Fsp3) is 0.214. The number of β-amino-alcohol motifs (C(OH)–C–C–N with tert-alkyl or cyclic N) is 2. The molecule has 0 bridgehead atoms. The van der Waals surface area contributed by atoms with Crippen molar-refractivity contribution in [3.8, 4) is 0 Å². The summed E-state index contributed by atoms with van der Waals surface area (Å²) >= 11 is 6.37. The molecule has 6 N–H and O–H groups in total. The molecule has 2 atom stereocenters. The molecule has 0 saturated heterocycles. The zero-order valence-electron chi connectivity index (χ0n) is 20.8. The second kappa shape index (κ2) is 11.6. The Hall–Kier alpha value is -4.25. The van der Waals surface area contributed by atoms with E-state index in [0.717, 1.165) is 11.1 Å². The van der Waals surface area contributed by atoms with Crippen LogP contribution in [0.3, 0.4) is 0 Å². The van der Waals surface area contributed by atoms with E-state index in [1.54, 1.807) is 30.3 Å². The van der Waals surface area contributed by atoms with Gasteiger partial charge in [0.15, 0.2) is 0 Å². The van der Waals surface area contributed by atoms with Crippen molar-refractivity contribution < 1.29 is 19.8 Å². The zero-order chi connectivity index (χ0) is 27.4. The summed E-state index contributed by atoms with van der Waals surface area (Å²) in [5, 5.41) is 31.0. The lowest BCUT2D eigenvalue weighted by molar-refractivity contribution is 0.101. The molecule has 0 aromatic heterocycles. The Balaban J connectivity index is 1.19. The van der Waals surface area contributed by atoms with Crippen molar-refractivity contribution in [2.45, 2.75) is 12.2 Å². The fourth-order valence-corrected chi connectivity index (χ4v) is 4.38. The smallest absolute Gasteiger partial charge is 0.257 e. The summed E-state index contributed by atoms with van der Waals surface area (Å²) in [6.07, 6.45) is -0.974. The average Bonchev–Trinajstić information content (AvgIpc) is 2.95. The Labute approximate surface area is 229 Å². The molecule has 0 aliphatic carbocycles. The number of nitrogens with zero attached hydrogens (tertiary/aromatic N) is 2. The van der Waals surface area contributed by atoms with E-state index in [2.05, 4.69) is 31.3 Å². The number of amidine groups is 2. The molecule has 2 aliphatic rings. The van der Waals surface area contributed by atoms with Crippen molar-refractivity contribution in [3.63, 3.8) is 0 Å². The quantitative estimate of drug-likeness (QED) is 0.279. The summed E-state index contributed by atoms with van der Waals surface area (Å²) in [4.78, 5) is 34.2. The first-order valence-electron chi connectivity index (χ1n) is 12.4. The molecule has 39 heavy (non-hydrogen) atoms. The molecule has 0 radical (unpaired) electrons. The monoisotopic (exact) mass is 546 g/mol. The van der Waals surface area contributed by atoms with Crippen molar-refractivity contribution in [1.82, 2.24) is 10.6 Å². The van der Waals surface area contributed by atoms with Gasteiger partial charge in [-0.15, -0.1) is 0 Å². The Morgan fingerprint density at radius 3 is 1.67 bits per heavy atom. The van der Waals surface area contributed by atoms with Crippen LogP contribution in [0.15, 0.2) is 76.7 Å². The molecule has 2 unspecified atom stereocenters. The minimum absolute atomic E-state index is 0.148. The van der Waals surface area contributed by atoms with Gasteiger partial charge >= 0.3 is 0 Å². The van der Waals surface area contributed by atoms with Crippen LogP contribution < -0.4 is 21.3 Å². The average molecular weight is 547 g/mol. The van der Waals surface area contributed by atoms with Gasteiger partial charge in [-0.25, -0.2) is 0 Å². The molecule has 2 heterocycles. The zero-order valence-corrected chi connectivity index (χ0v) is 21.6. The predicted octanol–water partition coefficient (Wildman–Crippen LogP) is 2.27. The molecule has 0 spiro atoms. The van der Waals surface area contributed by atoms with E-state index in [1.807, 2.05) is 24.3 Å². The molecule has 3 aromatic rings. The van der Waals surface area contributed by atoms with Gasteiger partial charge in [0.05, 0.1) is 35.9 Å². The Morgan fingerprint density at radius 1 is 0.744 bits per heavy atom. The van der Waals surface area contributed by atoms with Crippen molar-refractivity contribution in [2.75, 3.05) is 36.8 Å². The number of rotatable bonds is 6. The number of hydrogen-bond donors (Lipinski definition) is 6. The summed E-state index contributed by atoms with van der Waals surface area (Å²) < 4.78 is 0. The van der Waals surface area contributed by atoms with Crippen LogP contribution in [0.25, 0.3) is 0 Å². The van der Waals surface area contributed by atoms with E-state index in [4.69, 9.17) is 11.6 Å². The Kier molecular flexibility index (Phi) is 7.87. The maximum Gasteiger partial charge on any atom is 0.257 e. The molecular weight excluding hydrogens is 520 g/mol. The van der Waals surface area contributed by atoms with E-state index in [1.165, 1.54) is 12.1 Å². The number of aliphatic hydroxyl groups is 2. The van der Waals surface area contributed by atoms with Crippen LogP contribution in [0.1, 0.15) is 31.8 Å². The maximum absolute atomic E-state index is 12.8. The van der Waals surface area contributed by atoms with Crippen LogP contribution in [0, 0.1) is 0 Å². The van der Waals surface area contributed by atoms with Gasteiger partial charge in [0.25, 0.3) is 11.8 Å². The molecule has 5 rings (SSSR count). The van der Waals surface area contributed by atoms with Crippen molar-refractivity contribution in [1.29, 1.82) is 0 Å². The van der Waals surface area contributed by atoms with Gasteiger partial charge in [-0.05, 0) is 66.7 Å². The third-order valence-electron chi connectivity index (χ3n) is 6.24. The molecule has 10 nitrogen and oxygen atoms in total. The van der Waals surface area contributed by atoms with Gasteiger partial charge in [0.2, 0.25) is 0 Å². The number of amides is 2. The molecule has 3 aromatic carbocycles. The van der Waals surface area contributed by atoms with E-state index in [-0.39, 0.29) is 16.5 Å². The van der Waals surface area contributed by atoms with Gasteiger partial charge in [0, 0.05) is 41.2 Å². The van der Waals surface area contributed by atoms with Crippen LogP contribution in [0.4, 0.5) is 11.4 Å². The number of carbonyl (C=O) groups excluding carboxylic acids is 2. The lowest BCUT2D eigenvalue weighted by Crippen LogP contribution is -2.39. The van der Waals surface area contributed by atoms with E-state index in [0.29, 0.717) is 54.8 Å². The molecule has 200 valence electrons. The lowest BCUT2D eigenvalue weighted by Gasteiger charge is -2.19. The number of carbonyl (C=O) groups is 2. The molecule has 2 amide bonds. The highest BCUT2D eigenvalue weighted by molar-refractivity contribution is 6.35. The highest BCUT2D eigenvalue weighted by atomic mass is 35.5. The van der Waals surface area contributed by atoms with E-state index >= 15 is 0 Å². The second-order valence-electron chi connectivity index (χ2n) is 9.21. The SMILES string of the molecule is O=C(Nc1ccc(C2=NCC(O)CN2)cc1)c1ccc(C(=O)Nc2ccc(C3=NCC(O)CN3)cc2)c(Cl)c1. The molecule has 2 aliphatic heterocycles. The Morgan fingerprint density at radius 2 is 1.23 bits per heavy atom. The molecule has 11 heteroatoms. The summed E-state index contributed by atoms with van der Waals surface area (Å²) in [6.45, 7) is 1.58. The number of hydrogen-bond acceptors (Lipinski definition) is 8. The van der Waals surface area contributed by atoms with Crippen LogP contribution in [-0.4, -0.2) is 72.1 Å². The Bertz CT molecular complexity index is 1440. The standard InChI is InChI=1S/C28H27ClN6O4/c29-24-11-18(27(38)34-19-6-1-16(2-7-19)25-30-12-21(36)13-31-25)5-10-23(24)28(39)35-20-8-3-17(4-9-20)26-32-14-22(37)15-33-26/h1-11,21-22,36-37H,12-15H2,(H,30,31)(H,32,33)(H,34,38)(H,35,39). The van der Waals surface area contributed by atoms with Crippen LogP contribution in [-0.2, 0) is 0 Å². The second-order valence-corrected chi connectivity index (χ2v) is 9.61. The van der Waals surface area contributed by atoms with Crippen molar-refractivity contribution in [2.24, 2.45) is 9.98 Å². The number of nitrogens with one attached hydrogen (secondary N) is 4. The van der Waals surface area contributed by atoms with Gasteiger partial charge in [-0.1, -0.05) is 11.6 Å². The summed E-state index contributed by atoms with van der Waals surface area (Å²) in [7, 11) is 0. The highest BCUT2D eigenvalue weighted by Crippen LogP contribution is 2.21. The fourth-order valence-electron chi connectivity index (χ4n) is 4.11. The van der Waals surface area contributed by atoms with Gasteiger partial charge in [-0.2, -0.15) is 0 Å². The highest BCUT2D eigenvalue weighted by Gasteiger charge is 2.17. The first-order valence-corrected chi connectivity index (χ1v) is 12.8. The van der Waals surface area contributed by atoms with Gasteiger partial charge in [-0.3, -0.25) is 19.6 Å². The number of halogens is 1. The van der Waals surface area contributed by atoms with Crippen LogP contribution >= 0.6 is 11.6 Å². The largest absolute Gasteiger partial charge is 0.389 e. The van der Waals surface area contributed by atoms with Crippen molar-refractivity contribution >= 4 is 46.5 Å². The first kappa shape index (κ1) is 26.4. The van der Waals surface area contributed by atoms with Crippen LogP contribution in [0.5, 0.6) is 0 Å². The maximum atomic E-state index is 12.8. The lowest BCUT2D eigenvalue weighted by atomic mass is 10.1. The minimum Gasteiger partial charge on any atom is -0.389 e. The van der Waals surface area contributed by atoms with Gasteiger partial charge < -0.3 is 31.5 Å². The predicted molar refractivity (Wildman–Crippen MR) is 151 cm³/mol. The molecular formula is C28H27ClN6O4. The topological polar surface area (TPSA) is 147 Å². The first-order chi connectivity index (χ1) is 18.9. The van der Waals surface area contributed by atoms with E-state index < -0.39 is 18.1 Å². The third-order valence-corrected chi connectivity index (χ3v) is 6.55. The number of aliphatic imine (C=N–C) groups is 2. The minimum atomic E-state index is -0.488. The summed E-state index contributed by atoms with van der Waals surface area (Å²) in [5.74, 6) is 0.627. The molecule has 0 fully saturated rings. The van der Waals surface area contributed by atoms with Gasteiger partial charge in [0.1, 0.15) is 11.7 Å². The van der Waals surface area contributed by atoms with Crippen molar-refractivity contribution in [3.05, 3.63) is 94.0 Å².